The fourth-order valence-corrected chi connectivity index (χ4v) is 2.47. The zero-order valence-electron chi connectivity index (χ0n) is 17.3. The largest absolute Gasteiger partial charge is 0.478 e. The van der Waals surface area contributed by atoms with E-state index in [1.807, 2.05) is 13.8 Å². The van der Waals surface area contributed by atoms with Crippen molar-refractivity contribution in [2.45, 2.75) is 46.2 Å². The Balaban J connectivity index is 2.85. The SMILES string of the molecule is CC(=O)NC(CCC=CC(=O)O)C(=O)Nc1cccn(CC(=O)NCC(C)C)c1=O. The van der Waals surface area contributed by atoms with Crippen LogP contribution < -0.4 is 21.5 Å². The maximum atomic E-state index is 12.6. The summed E-state index contributed by atoms with van der Waals surface area (Å²) in [7, 11) is 0. The fraction of sp³-hybridized carbons (Fsp3) is 0.450. The van der Waals surface area contributed by atoms with Crippen LogP contribution in [0.5, 0.6) is 0 Å². The molecule has 1 aromatic heterocycles. The number of amides is 3. The number of carbonyl (C=O) groups excluding carboxylic acids is 3. The quantitative estimate of drug-likeness (QED) is 0.383. The minimum Gasteiger partial charge on any atom is -0.478 e. The number of nitrogens with one attached hydrogen (secondary N) is 3. The maximum absolute atomic E-state index is 12.6. The number of allylic oxidation sites excluding steroid dienone is 1. The molecule has 1 atom stereocenters. The molecule has 3 amide bonds. The van der Waals surface area contributed by atoms with E-state index in [4.69, 9.17) is 5.11 Å². The summed E-state index contributed by atoms with van der Waals surface area (Å²) < 4.78 is 1.17. The Morgan fingerprint density at radius 1 is 1.23 bits per heavy atom. The second kappa shape index (κ2) is 12.2. The average molecular weight is 420 g/mol. The highest BCUT2D eigenvalue weighted by atomic mass is 16.4. The smallest absolute Gasteiger partial charge is 0.327 e. The highest BCUT2D eigenvalue weighted by Crippen LogP contribution is 2.05. The number of carbonyl (C=O) groups is 4. The Labute approximate surface area is 174 Å². The molecule has 10 nitrogen and oxygen atoms in total. The summed E-state index contributed by atoms with van der Waals surface area (Å²) in [5.74, 6) is -2.22. The molecule has 0 radical (unpaired) electrons. The van der Waals surface area contributed by atoms with Gasteiger partial charge in [0.05, 0.1) is 0 Å². The van der Waals surface area contributed by atoms with Crippen molar-refractivity contribution in [3.05, 3.63) is 40.8 Å². The minimum atomic E-state index is -1.11. The molecule has 0 saturated heterocycles. The van der Waals surface area contributed by atoms with E-state index in [2.05, 4.69) is 16.0 Å². The predicted octanol–water partition coefficient (Wildman–Crippen LogP) is 0.485. The van der Waals surface area contributed by atoms with Crippen LogP contribution in [0.15, 0.2) is 35.3 Å². The van der Waals surface area contributed by atoms with Crippen LogP contribution in [0.1, 0.15) is 33.6 Å². The number of hydrogen-bond donors (Lipinski definition) is 4. The van der Waals surface area contributed by atoms with Gasteiger partial charge in [-0.15, -0.1) is 0 Å². The Morgan fingerprint density at radius 3 is 2.53 bits per heavy atom. The van der Waals surface area contributed by atoms with Crippen molar-refractivity contribution in [2.75, 3.05) is 11.9 Å². The Bertz CT molecular complexity index is 859. The lowest BCUT2D eigenvalue weighted by Crippen LogP contribution is -2.44. The third-order valence-electron chi connectivity index (χ3n) is 3.88. The van der Waals surface area contributed by atoms with Crippen LogP contribution in [-0.2, 0) is 25.7 Å². The summed E-state index contributed by atoms with van der Waals surface area (Å²) in [6.07, 6.45) is 4.14. The third-order valence-corrected chi connectivity index (χ3v) is 3.88. The Hall–Kier alpha value is -3.43. The number of anilines is 1. The highest BCUT2D eigenvalue weighted by molar-refractivity contribution is 5.96. The molecule has 0 saturated carbocycles. The molecule has 0 aliphatic heterocycles. The number of carboxylic acids is 1. The van der Waals surface area contributed by atoms with E-state index in [0.717, 1.165) is 6.08 Å². The molecule has 164 valence electrons. The first kappa shape index (κ1) is 24.6. The maximum Gasteiger partial charge on any atom is 0.327 e. The lowest BCUT2D eigenvalue weighted by molar-refractivity contribution is -0.131. The molecule has 0 aliphatic carbocycles. The van der Waals surface area contributed by atoms with Crippen LogP contribution in [0.3, 0.4) is 0 Å². The van der Waals surface area contributed by atoms with Gasteiger partial charge in [0.1, 0.15) is 18.3 Å². The van der Waals surface area contributed by atoms with E-state index >= 15 is 0 Å². The summed E-state index contributed by atoms with van der Waals surface area (Å²) in [6.45, 7) is 5.44. The van der Waals surface area contributed by atoms with Gasteiger partial charge in [-0.1, -0.05) is 19.9 Å². The van der Waals surface area contributed by atoms with Crippen LogP contribution in [0.2, 0.25) is 0 Å². The van der Waals surface area contributed by atoms with Gasteiger partial charge >= 0.3 is 5.97 Å². The summed E-state index contributed by atoms with van der Waals surface area (Å²) in [6, 6.07) is 1.97. The van der Waals surface area contributed by atoms with E-state index in [-0.39, 0.29) is 36.9 Å². The van der Waals surface area contributed by atoms with Crippen LogP contribution >= 0.6 is 0 Å². The lowest BCUT2D eigenvalue weighted by Gasteiger charge is -2.17. The van der Waals surface area contributed by atoms with Crippen molar-refractivity contribution in [3.8, 4) is 0 Å². The molecule has 1 rings (SSSR count). The molecule has 30 heavy (non-hydrogen) atoms. The Morgan fingerprint density at radius 2 is 1.93 bits per heavy atom. The molecule has 1 heterocycles. The van der Waals surface area contributed by atoms with Crippen LogP contribution in [0.25, 0.3) is 0 Å². The standard InChI is InChI=1S/C20H28N4O6/c1-13(2)11-21-17(26)12-24-10-6-8-16(20(24)30)23-19(29)15(22-14(3)25)7-4-5-9-18(27)28/h5-6,8-10,13,15H,4,7,11-12H2,1-3H3,(H,21,26)(H,22,25)(H,23,29)(H,27,28). The van der Waals surface area contributed by atoms with Gasteiger partial charge in [-0.3, -0.25) is 19.2 Å². The number of rotatable bonds is 11. The summed E-state index contributed by atoms with van der Waals surface area (Å²) in [5.41, 5.74) is -0.589. The second-order valence-electron chi connectivity index (χ2n) is 7.11. The average Bonchev–Trinajstić information content (AvgIpc) is 2.65. The predicted molar refractivity (Wildman–Crippen MR) is 111 cm³/mol. The second-order valence-corrected chi connectivity index (χ2v) is 7.11. The normalized spacial score (nSPS) is 11.9. The molecule has 0 aromatic carbocycles. The monoisotopic (exact) mass is 420 g/mol. The van der Waals surface area contributed by atoms with Gasteiger partial charge < -0.3 is 25.6 Å². The molecule has 0 fully saturated rings. The highest BCUT2D eigenvalue weighted by Gasteiger charge is 2.20. The number of nitrogens with zero attached hydrogens (tertiary/aromatic N) is 1. The molecule has 1 unspecified atom stereocenters. The molecule has 0 spiro atoms. The zero-order valence-corrected chi connectivity index (χ0v) is 17.3. The van der Waals surface area contributed by atoms with E-state index < -0.39 is 29.4 Å². The van der Waals surface area contributed by atoms with Crippen molar-refractivity contribution in [2.24, 2.45) is 5.92 Å². The van der Waals surface area contributed by atoms with Gasteiger partial charge in [0.15, 0.2) is 0 Å². The topological polar surface area (TPSA) is 147 Å². The first-order valence-corrected chi connectivity index (χ1v) is 9.53. The van der Waals surface area contributed by atoms with E-state index in [1.54, 1.807) is 0 Å². The first-order chi connectivity index (χ1) is 14.1. The number of aromatic nitrogens is 1. The molecule has 10 heteroatoms. The molecule has 0 aliphatic rings. The van der Waals surface area contributed by atoms with E-state index in [9.17, 15) is 24.0 Å². The first-order valence-electron chi connectivity index (χ1n) is 9.53. The van der Waals surface area contributed by atoms with Crippen molar-refractivity contribution >= 4 is 29.4 Å². The molecular formula is C20H28N4O6. The van der Waals surface area contributed by atoms with Gasteiger partial charge in [0.25, 0.3) is 5.56 Å². The van der Waals surface area contributed by atoms with Gasteiger partial charge in [-0.2, -0.15) is 0 Å². The van der Waals surface area contributed by atoms with E-state index in [1.165, 1.54) is 35.9 Å². The van der Waals surface area contributed by atoms with Gasteiger partial charge in [-0.25, -0.2) is 4.79 Å². The third kappa shape index (κ3) is 9.18. The number of pyridine rings is 1. The summed E-state index contributed by atoms with van der Waals surface area (Å²) >= 11 is 0. The summed E-state index contributed by atoms with van der Waals surface area (Å²) in [4.78, 5) is 59.0. The molecule has 4 N–H and O–H groups in total. The zero-order chi connectivity index (χ0) is 22.7. The van der Waals surface area contributed by atoms with Gasteiger partial charge in [-0.05, 0) is 30.9 Å². The Kier molecular flexibility index (Phi) is 10.0. The van der Waals surface area contributed by atoms with Crippen molar-refractivity contribution in [3.63, 3.8) is 0 Å². The van der Waals surface area contributed by atoms with Gasteiger partial charge in [0, 0.05) is 25.7 Å². The van der Waals surface area contributed by atoms with Crippen molar-refractivity contribution in [1.29, 1.82) is 0 Å². The van der Waals surface area contributed by atoms with Gasteiger partial charge in [0.2, 0.25) is 17.7 Å². The molecule has 0 bridgehead atoms. The molecular weight excluding hydrogens is 392 g/mol. The summed E-state index contributed by atoms with van der Waals surface area (Å²) in [5, 5.41) is 16.3. The minimum absolute atomic E-state index is 0.0319. The van der Waals surface area contributed by atoms with Crippen molar-refractivity contribution < 1.29 is 24.3 Å². The van der Waals surface area contributed by atoms with Crippen molar-refractivity contribution in [1.82, 2.24) is 15.2 Å². The molecule has 1 aromatic rings. The van der Waals surface area contributed by atoms with E-state index in [0.29, 0.717) is 6.54 Å². The van der Waals surface area contributed by atoms with Crippen LogP contribution in [0.4, 0.5) is 5.69 Å². The number of hydrogen-bond acceptors (Lipinski definition) is 5. The fourth-order valence-electron chi connectivity index (χ4n) is 2.47. The number of carboxylic acid groups (broad SMARTS) is 1. The lowest BCUT2D eigenvalue weighted by atomic mass is 10.1. The number of aliphatic carboxylic acids is 1. The van der Waals surface area contributed by atoms with Crippen LogP contribution in [0, 0.1) is 5.92 Å². The van der Waals surface area contributed by atoms with Crippen LogP contribution in [-0.4, -0.2) is 46.0 Å².